The molecule has 0 radical (unpaired) electrons. The van der Waals surface area contributed by atoms with Crippen LogP contribution in [0.2, 0.25) is 0 Å². The molecule has 170 valence electrons. The molecule has 0 N–H and O–H groups in total. The third kappa shape index (κ3) is 6.58. The summed E-state index contributed by atoms with van der Waals surface area (Å²) in [6.07, 6.45) is 14.0. The van der Waals surface area contributed by atoms with Crippen LogP contribution in [0.25, 0.3) is 5.57 Å². The fourth-order valence-corrected chi connectivity index (χ4v) is 4.39. The third-order valence-corrected chi connectivity index (χ3v) is 6.31. The summed E-state index contributed by atoms with van der Waals surface area (Å²) in [4.78, 5) is 2.49. The molecule has 0 unspecified atom stereocenters. The zero-order chi connectivity index (χ0) is 23.6. The number of anilines is 1. The van der Waals surface area contributed by atoms with Gasteiger partial charge in [-0.1, -0.05) is 86.0 Å². The SMILES string of the molecule is C=C(Cc1ccccc1)C(=C)c1ccc(N2CCC=C(C(=CC)C(C)=CC=CC)CC2)cc1. The molecule has 0 amide bonds. The van der Waals surface area contributed by atoms with Gasteiger partial charge in [0.15, 0.2) is 0 Å². The molecule has 0 bridgehead atoms. The lowest BCUT2D eigenvalue weighted by Gasteiger charge is -2.23. The summed E-state index contributed by atoms with van der Waals surface area (Å²) >= 11 is 0. The van der Waals surface area contributed by atoms with Gasteiger partial charge in [-0.15, -0.1) is 0 Å². The molecule has 0 spiro atoms. The standard InChI is InChI=1S/C32H37N/c1-6-8-13-25(3)32(7-2)30-16-12-22-33(23-21-30)31-19-17-29(18-20-31)27(5)26(4)24-28-14-10-9-11-15-28/h6-11,13-20H,4-5,12,21-24H2,1-3H3. The first-order valence-corrected chi connectivity index (χ1v) is 12.0. The van der Waals surface area contributed by atoms with Crippen molar-refractivity contribution in [1.82, 2.24) is 0 Å². The van der Waals surface area contributed by atoms with Gasteiger partial charge in [-0.25, -0.2) is 0 Å². The molecule has 0 aromatic heterocycles. The van der Waals surface area contributed by atoms with Crippen molar-refractivity contribution in [3.63, 3.8) is 0 Å². The van der Waals surface area contributed by atoms with Gasteiger partial charge in [-0.05, 0) is 91.2 Å². The maximum Gasteiger partial charge on any atom is 0.0366 e. The van der Waals surface area contributed by atoms with E-state index in [2.05, 4.69) is 118 Å². The number of rotatable bonds is 8. The Labute approximate surface area is 200 Å². The van der Waals surface area contributed by atoms with Crippen LogP contribution in [0.3, 0.4) is 0 Å². The molecular weight excluding hydrogens is 398 g/mol. The van der Waals surface area contributed by atoms with E-state index in [-0.39, 0.29) is 0 Å². The van der Waals surface area contributed by atoms with E-state index in [9.17, 15) is 0 Å². The number of benzene rings is 2. The predicted molar refractivity (Wildman–Crippen MR) is 147 cm³/mol. The molecule has 1 nitrogen and oxygen atoms in total. The van der Waals surface area contributed by atoms with Crippen LogP contribution in [0.1, 0.15) is 44.7 Å². The lowest BCUT2D eigenvalue weighted by atomic mass is 9.95. The van der Waals surface area contributed by atoms with Crippen LogP contribution in [-0.2, 0) is 6.42 Å². The molecular formula is C32H37N. The zero-order valence-corrected chi connectivity index (χ0v) is 20.5. The van der Waals surface area contributed by atoms with E-state index in [4.69, 9.17) is 0 Å². The van der Waals surface area contributed by atoms with Crippen molar-refractivity contribution in [1.29, 1.82) is 0 Å². The van der Waals surface area contributed by atoms with Crippen molar-refractivity contribution in [2.24, 2.45) is 0 Å². The summed E-state index contributed by atoms with van der Waals surface area (Å²) in [5, 5.41) is 0. The first-order valence-electron chi connectivity index (χ1n) is 12.0. The maximum absolute atomic E-state index is 4.32. The molecule has 0 atom stereocenters. The van der Waals surface area contributed by atoms with E-state index in [0.29, 0.717) is 0 Å². The van der Waals surface area contributed by atoms with Gasteiger partial charge in [-0.3, -0.25) is 0 Å². The predicted octanol–water partition coefficient (Wildman–Crippen LogP) is 8.49. The Morgan fingerprint density at radius 1 is 0.970 bits per heavy atom. The average molecular weight is 436 g/mol. The maximum atomic E-state index is 4.32. The summed E-state index contributed by atoms with van der Waals surface area (Å²) in [5.41, 5.74) is 9.94. The van der Waals surface area contributed by atoms with Gasteiger partial charge < -0.3 is 4.90 Å². The van der Waals surface area contributed by atoms with Crippen LogP contribution < -0.4 is 4.90 Å². The Morgan fingerprint density at radius 2 is 1.70 bits per heavy atom. The van der Waals surface area contributed by atoms with E-state index in [1.807, 2.05) is 6.07 Å². The van der Waals surface area contributed by atoms with Gasteiger partial charge in [0.1, 0.15) is 0 Å². The minimum atomic E-state index is 0.831. The second-order valence-electron chi connectivity index (χ2n) is 8.62. The number of hydrogen-bond donors (Lipinski definition) is 0. The lowest BCUT2D eigenvalue weighted by Crippen LogP contribution is -2.24. The van der Waals surface area contributed by atoms with Crippen molar-refractivity contribution in [2.75, 3.05) is 18.0 Å². The van der Waals surface area contributed by atoms with Crippen LogP contribution in [-0.4, -0.2) is 13.1 Å². The van der Waals surface area contributed by atoms with Gasteiger partial charge in [0, 0.05) is 18.8 Å². The highest BCUT2D eigenvalue weighted by Crippen LogP contribution is 2.29. The van der Waals surface area contributed by atoms with Gasteiger partial charge in [0.05, 0.1) is 0 Å². The highest BCUT2D eigenvalue weighted by molar-refractivity contribution is 5.78. The summed E-state index contributed by atoms with van der Waals surface area (Å²) in [6, 6.07) is 19.3. The lowest BCUT2D eigenvalue weighted by molar-refractivity contribution is 0.806. The first-order chi connectivity index (χ1) is 16.0. The largest absolute Gasteiger partial charge is 0.371 e. The summed E-state index contributed by atoms with van der Waals surface area (Å²) in [7, 11) is 0. The van der Waals surface area contributed by atoms with Crippen LogP contribution >= 0.6 is 0 Å². The van der Waals surface area contributed by atoms with Crippen molar-refractivity contribution in [3.05, 3.63) is 132 Å². The Balaban J connectivity index is 1.63. The van der Waals surface area contributed by atoms with Gasteiger partial charge in [-0.2, -0.15) is 0 Å². The molecule has 1 aliphatic rings. The molecule has 0 fully saturated rings. The second-order valence-corrected chi connectivity index (χ2v) is 8.62. The second kappa shape index (κ2) is 12.1. The molecule has 2 aromatic carbocycles. The number of hydrogen-bond acceptors (Lipinski definition) is 1. The number of allylic oxidation sites excluding steroid dienone is 8. The van der Waals surface area contributed by atoms with Crippen LogP contribution in [0.4, 0.5) is 5.69 Å². The van der Waals surface area contributed by atoms with E-state index >= 15 is 0 Å². The fourth-order valence-electron chi connectivity index (χ4n) is 4.39. The normalized spacial score (nSPS) is 15.4. The molecule has 0 saturated carbocycles. The quantitative estimate of drug-likeness (QED) is 0.376. The molecule has 0 saturated heterocycles. The highest BCUT2D eigenvalue weighted by atomic mass is 15.1. The average Bonchev–Trinajstić information content (AvgIpc) is 3.10. The monoisotopic (exact) mass is 435 g/mol. The van der Waals surface area contributed by atoms with E-state index in [1.165, 1.54) is 28.0 Å². The Morgan fingerprint density at radius 3 is 2.36 bits per heavy atom. The molecule has 1 heteroatoms. The van der Waals surface area contributed by atoms with E-state index in [1.54, 1.807) is 0 Å². The molecule has 3 rings (SSSR count). The van der Waals surface area contributed by atoms with E-state index in [0.717, 1.165) is 49.1 Å². The molecule has 0 aliphatic carbocycles. The molecule has 2 aromatic rings. The third-order valence-electron chi connectivity index (χ3n) is 6.31. The van der Waals surface area contributed by atoms with Crippen LogP contribution in [0.5, 0.6) is 0 Å². The van der Waals surface area contributed by atoms with E-state index < -0.39 is 0 Å². The molecule has 33 heavy (non-hydrogen) atoms. The first kappa shape index (κ1) is 24.3. The van der Waals surface area contributed by atoms with Crippen molar-refractivity contribution in [3.8, 4) is 0 Å². The van der Waals surface area contributed by atoms with Crippen molar-refractivity contribution in [2.45, 2.75) is 40.0 Å². The van der Waals surface area contributed by atoms with Gasteiger partial charge >= 0.3 is 0 Å². The topological polar surface area (TPSA) is 3.24 Å². The Bertz CT molecular complexity index is 1080. The minimum absolute atomic E-state index is 0.831. The van der Waals surface area contributed by atoms with Crippen LogP contribution in [0.15, 0.2) is 120 Å². The summed E-state index contributed by atoms with van der Waals surface area (Å²) < 4.78 is 0. The van der Waals surface area contributed by atoms with Crippen molar-refractivity contribution >= 4 is 11.3 Å². The zero-order valence-electron chi connectivity index (χ0n) is 20.5. The summed E-state index contributed by atoms with van der Waals surface area (Å²) in [6.45, 7) is 17.1. The van der Waals surface area contributed by atoms with Crippen LogP contribution in [0, 0.1) is 0 Å². The number of nitrogens with zero attached hydrogens (tertiary/aromatic N) is 1. The smallest absolute Gasteiger partial charge is 0.0366 e. The Kier molecular flexibility index (Phi) is 8.89. The van der Waals surface area contributed by atoms with Gasteiger partial charge in [0.2, 0.25) is 0 Å². The summed E-state index contributed by atoms with van der Waals surface area (Å²) in [5.74, 6) is 0. The fraction of sp³-hybridized carbons (Fsp3) is 0.250. The highest BCUT2D eigenvalue weighted by Gasteiger charge is 2.15. The van der Waals surface area contributed by atoms with Crippen molar-refractivity contribution < 1.29 is 0 Å². The molecule has 1 aliphatic heterocycles. The molecule has 1 heterocycles. The van der Waals surface area contributed by atoms with Gasteiger partial charge in [0.25, 0.3) is 0 Å². The minimum Gasteiger partial charge on any atom is -0.371 e. The Hall–Kier alpha value is -3.32.